The van der Waals surface area contributed by atoms with E-state index < -0.39 is 31.4 Å². The summed E-state index contributed by atoms with van der Waals surface area (Å²) in [6.07, 6.45) is 0. The number of phenols is 1. The van der Waals surface area contributed by atoms with Crippen molar-refractivity contribution in [2.45, 2.75) is 11.8 Å². The van der Waals surface area contributed by atoms with E-state index in [1.165, 1.54) is 12.1 Å². The number of hydrogen-bond acceptors (Lipinski definition) is 6. The van der Waals surface area contributed by atoms with Crippen LogP contribution in [0.15, 0.2) is 23.1 Å². The number of nitro benzene ring substituents is 1. The van der Waals surface area contributed by atoms with Gasteiger partial charge in [-0.05, 0) is 19.1 Å². The van der Waals surface area contributed by atoms with Crippen LogP contribution in [0.1, 0.15) is 5.69 Å². The molecule has 0 aliphatic heterocycles. The normalized spacial score (nSPS) is 11.7. The summed E-state index contributed by atoms with van der Waals surface area (Å²) in [4.78, 5) is 13.0. The number of aromatic nitrogens is 1. The fourth-order valence-corrected chi connectivity index (χ4v) is 2.28. The Labute approximate surface area is 107 Å². The minimum atomic E-state index is -4.79. The topological polar surface area (TPSA) is 131 Å². The van der Waals surface area contributed by atoms with Crippen molar-refractivity contribution in [2.75, 3.05) is 0 Å². The molecule has 2 rings (SSSR count). The average Bonchev–Trinajstić information content (AvgIpc) is 2.28. The predicted molar refractivity (Wildman–Crippen MR) is 64.6 cm³/mol. The quantitative estimate of drug-likeness (QED) is 0.484. The van der Waals surface area contributed by atoms with Gasteiger partial charge in [0, 0.05) is 11.8 Å². The number of phenolic OH excluding ortho intramolecular Hbond substituents is 1. The molecule has 0 saturated heterocycles. The maximum atomic E-state index is 11.1. The summed E-state index contributed by atoms with van der Waals surface area (Å²) in [6.45, 7) is 1.57. The molecule has 0 atom stereocenters. The molecule has 8 nitrogen and oxygen atoms in total. The third kappa shape index (κ3) is 2.20. The third-order valence-corrected chi connectivity index (χ3v) is 3.38. The zero-order chi connectivity index (χ0) is 14.4. The highest BCUT2D eigenvalue weighted by Crippen LogP contribution is 2.36. The van der Waals surface area contributed by atoms with Gasteiger partial charge in [0.25, 0.3) is 15.8 Å². The van der Waals surface area contributed by atoms with Crippen molar-refractivity contribution in [3.63, 3.8) is 0 Å². The fourth-order valence-electron chi connectivity index (χ4n) is 1.68. The van der Waals surface area contributed by atoms with Crippen LogP contribution in [-0.2, 0) is 10.1 Å². The van der Waals surface area contributed by atoms with Gasteiger partial charge in [-0.15, -0.1) is 0 Å². The molecule has 0 bridgehead atoms. The molecular formula is C10H8N2O6S. The first-order valence-corrected chi connectivity index (χ1v) is 6.41. The Morgan fingerprint density at radius 1 is 1.37 bits per heavy atom. The van der Waals surface area contributed by atoms with Crippen molar-refractivity contribution in [1.82, 2.24) is 4.98 Å². The Morgan fingerprint density at radius 2 is 2.00 bits per heavy atom. The number of nitrogens with zero attached hydrogens (tertiary/aromatic N) is 2. The molecule has 1 aromatic heterocycles. The number of non-ortho nitro benzene ring substituents is 1. The summed E-state index contributed by atoms with van der Waals surface area (Å²) in [5.41, 5.74) is -0.376. The summed E-state index contributed by atoms with van der Waals surface area (Å²) >= 11 is 0. The number of rotatable bonds is 2. The average molecular weight is 284 g/mol. The number of aromatic hydroxyl groups is 1. The van der Waals surface area contributed by atoms with Crippen LogP contribution in [0.5, 0.6) is 5.75 Å². The maximum absolute atomic E-state index is 11.1. The smallest absolute Gasteiger partial charge is 0.298 e. The van der Waals surface area contributed by atoms with Crippen LogP contribution in [0.3, 0.4) is 0 Å². The number of pyridine rings is 1. The Bertz CT molecular complexity index is 799. The largest absolute Gasteiger partial charge is 0.504 e. The van der Waals surface area contributed by atoms with E-state index >= 15 is 0 Å². The van der Waals surface area contributed by atoms with Gasteiger partial charge in [-0.2, -0.15) is 8.42 Å². The van der Waals surface area contributed by atoms with Crippen LogP contribution in [0.2, 0.25) is 0 Å². The van der Waals surface area contributed by atoms with Crippen LogP contribution in [-0.4, -0.2) is 28.0 Å². The first kappa shape index (κ1) is 13.2. The second-order valence-corrected chi connectivity index (χ2v) is 5.21. The second kappa shape index (κ2) is 4.14. The van der Waals surface area contributed by atoms with Crippen molar-refractivity contribution in [2.24, 2.45) is 0 Å². The standard InChI is InChI=1S/C10H8N2O6S/c1-5-2-3-6-7(12(14)15)4-8(19(16,17)18)10(13)9(6)11-5/h2-4,13H,1H3,(H,16,17,18). The summed E-state index contributed by atoms with van der Waals surface area (Å²) in [6, 6.07) is 3.44. The molecule has 0 fully saturated rings. The lowest BCUT2D eigenvalue weighted by molar-refractivity contribution is -0.383. The molecule has 2 aromatic rings. The molecule has 9 heteroatoms. The molecule has 1 aromatic carbocycles. The molecule has 1 heterocycles. The van der Waals surface area contributed by atoms with Gasteiger partial charge in [0.2, 0.25) is 0 Å². The van der Waals surface area contributed by atoms with Crippen LogP contribution in [0.4, 0.5) is 5.69 Å². The van der Waals surface area contributed by atoms with Gasteiger partial charge < -0.3 is 5.11 Å². The van der Waals surface area contributed by atoms with Gasteiger partial charge in [0.1, 0.15) is 10.4 Å². The first-order chi connectivity index (χ1) is 8.71. The highest BCUT2D eigenvalue weighted by atomic mass is 32.2. The SMILES string of the molecule is Cc1ccc2c([N+](=O)[O-])cc(S(=O)(=O)O)c(O)c2n1. The number of nitro groups is 1. The van der Waals surface area contributed by atoms with Gasteiger partial charge in [-0.1, -0.05) is 0 Å². The zero-order valence-electron chi connectivity index (χ0n) is 9.56. The summed E-state index contributed by atoms with van der Waals surface area (Å²) in [5.74, 6) is -0.813. The van der Waals surface area contributed by atoms with Gasteiger partial charge in [-0.25, -0.2) is 4.98 Å². The van der Waals surface area contributed by atoms with E-state index in [1.54, 1.807) is 6.92 Å². The molecule has 0 aliphatic rings. The van der Waals surface area contributed by atoms with E-state index in [0.717, 1.165) is 0 Å². The van der Waals surface area contributed by atoms with Gasteiger partial charge in [0.15, 0.2) is 5.75 Å². The van der Waals surface area contributed by atoms with Crippen LogP contribution >= 0.6 is 0 Å². The summed E-state index contributed by atoms with van der Waals surface area (Å²) < 4.78 is 31.2. The van der Waals surface area contributed by atoms with Gasteiger partial charge >= 0.3 is 0 Å². The molecular weight excluding hydrogens is 276 g/mol. The lowest BCUT2D eigenvalue weighted by Gasteiger charge is -2.06. The Morgan fingerprint density at radius 3 is 2.53 bits per heavy atom. The number of fused-ring (bicyclic) bond motifs is 1. The molecule has 0 unspecified atom stereocenters. The van der Waals surface area contributed by atoms with E-state index in [1.807, 2.05) is 0 Å². The van der Waals surface area contributed by atoms with E-state index in [9.17, 15) is 23.6 Å². The van der Waals surface area contributed by atoms with E-state index in [4.69, 9.17) is 4.55 Å². The highest BCUT2D eigenvalue weighted by Gasteiger charge is 2.26. The van der Waals surface area contributed by atoms with Crippen molar-refractivity contribution >= 4 is 26.7 Å². The monoisotopic (exact) mass is 284 g/mol. The Kier molecular flexibility index (Phi) is 2.87. The molecule has 0 radical (unpaired) electrons. The van der Waals surface area contributed by atoms with E-state index in [-0.39, 0.29) is 10.9 Å². The number of benzene rings is 1. The zero-order valence-corrected chi connectivity index (χ0v) is 10.4. The molecule has 2 N–H and O–H groups in total. The van der Waals surface area contributed by atoms with Crippen LogP contribution in [0, 0.1) is 17.0 Å². The maximum Gasteiger partial charge on any atom is 0.298 e. The Hall–Kier alpha value is -2.26. The van der Waals surface area contributed by atoms with Gasteiger partial charge in [0.05, 0.1) is 10.3 Å². The van der Waals surface area contributed by atoms with Gasteiger partial charge in [-0.3, -0.25) is 14.7 Å². The molecule has 0 aliphatic carbocycles. The first-order valence-electron chi connectivity index (χ1n) is 4.97. The number of hydrogen-bond donors (Lipinski definition) is 2. The fraction of sp³-hybridized carbons (Fsp3) is 0.100. The summed E-state index contributed by atoms with van der Waals surface area (Å²) in [7, 11) is -4.79. The van der Waals surface area contributed by atoms with E-state index in [2.05, 4.69) is 4.98 Å². The van der Waals surface area contributed by atoms with Crippen LogP contribution < -0.4 is 0 Å². The second-order valence-electron chi connectivity index (χ2n) is 3.82. The number of aryl methyl sites for hydroxylation is 1. The summed E-state index contributed by atoms with van der Waals surface area (Å²) in [5, 5.41) is 20.7. The third-order valence-electron chi connectivity index (χ3n) is 2.51. The van der Waals surface area contributed by atoms with Crippen molar-refractivity contribution in [3.05, 3.63) is 34.0 Å². The lowest BCUT2D eigenvalue weighted by Crippen LogP contribution is -2.02. The molecule has 0 amide bonds. The molecule has 19 heavy (non-hydrogen) atoms. The molecule has 0 spiro atoms. The minimum Gasteiger partial charge on any atom is -0.504 e. The highest BCUT2D eigenvalue weighted by molar-refractivity contribution is 7.86. The van der Waals surface area contributed by atoms with Crippen molar-refractivity contribution < 1.29 is 23.0 Å². The predicted octanol–water partition coefficient (Wildman–Crippen LogP) is 1.40. The van der Waals surface area contributed by atoms with Crippen molar-refractivity contribution in [3.8, 4) is 5.75 Å². The minimum absolute atomic E-state index is 0.0134. The molecule has 100 valence electrons. The molecule has 0 saturated carbocycles. The van der Waals surface area contributed by atoms with E-state index in [0.29, 0.717) is 11.8 Å². The van der Waals surface area contributed by atoms with Crippen molar-refractivity contribution in [1.29, 1.82) is 0 Å². The Balaban J connectivity index is 3.04. The lowest BCUT2D eigenvalue weighted by atomic mass is 10.1. The van der Waals surface area contributed by atoms with Crippen LogP contribution in [0.25, 0.3) is 10.9 Å².